The van der Waals surface area contributed by atoms with Gasteiger partial charge < -0.3 is 10.2 Å². The molecule has 0 saturated carbocycles. The minimum absolute atomic E-state index is 0. The van der Waals surface area contributed by atoms with Crippen LogP contribution in [0.15, 0.2) is 0 Å². The summed E-state index contributed by atoms with van der Waals surface area (Å²) < 4.78 is 0. The van der Waals surface area contributed by atoms with Gasteiger partial charge in [0.1, 0.15) is 0 Å². The van der Waals surface area contributed by atoms with Crippen molar-refractivity contribution in [3.8, 4) is 0 Å². The first-order chi connectivity index (χ1) is 8.34. The molecule has 0 spiro atoms. The molecule has 0 aromatic carbocycles. The first kappa shape index (κ1) is 18.7. The van der Waals surface area contributed by atoms with Gasteiger partial charge in [-0.3, -0.25) is 4.79 Å². The Morgan fingerprint density at radius 1 is 1.42 bits per heavy atom. The van der Waals surface area contributed by atoms with Crippen LogP contribution in [-0.4, -0.2) is 37.5 Å². The van der Waals surface area contributed by atoms with Gasteiger partial charge in [0, 0.05) is 19.5 Å². The SMILES string of the molecule is CNCC1CCCN(C(=O)CC(C)C(C)(C)C)C1.Cl. The van der Waals surface area contributed by atoms with Crippen LogP contribution in [-0.2, 0) is 4.79 Å². The second-order valence-electron chi connectivity index (χ2n) is 6.88. The molecule has 0 bridgehead atoms. The number of nitrogens with one attached hydrogen (secondary N) is 1. The molecule has 4 heteroatoms. The van der Waals surface area contributed by atoms with Gasteiger partial charge in [0.25, 0.3) is 0 Å². The molecule has 0 aliphatic carbocycles. The van der Waals surface area contributed by atoms with Crippen LogP contribution >= 0.6 is 12.4 Å². The molecule has 114 valence electrons. The highest BCUT2D eigenvalue weighted by Crippen LogP contribution is 2.29. The average molecular weight is 291 g/mol. The van der Waals surface area contributed by atoms with Crippen molar-refractivity contribution in [1.82, 2.24) is 10.2 Å². The van der Waals surface area contributed by atoms with Crippen LogP contribution in [0.2, 0.25) is 0 Å². The largest absolute Gasteiger partial charge is 0.342 e. The zero-order valence-corrected chi connectivity index (χ0v) is 14.0. The highest BCUT2D eigenvalue weighted by atomic mass is 35.5. The minimum Gasteiger partial charge on any atom is -0.342 e. The number of halogens is 1. The Balaban J connectivity index is 0.00000324. The van der Waals surface area contributed by atoms with Gasteiger partial charge >= 0.3 is 0 Å². The quantitative estimate of drug-likeness (QED) is 0.863. The Kier molecular flexibility index (Phi) is 7.99. The van der Waals surface area contributed by atoms with E-state index in [1.54, 1.807) is 0 Å². The molecule has 1 rings (SSSR count). The molecule has 1 heterocycles. The number of carbonyl (C=O) groups excluding carboxylic acids is 1. The number of hydrogen-bond donors (Lipinski definition) is 1. The lowest BCUT2D eigenvalue weighted by Gasteiger charge is -2.35. The maximum Gasteiger partial charge on any atom is 0.222 e. The van der Waals surface area contributed by atoms with Crippen LogP contribution in [0.1, 0.15) is 47.0 Å². The molecule has 1 saturated heterocycles. The number of hydrogen-bond acceptors (Lipinski definition) is 2. The topological polar surface area (TPSA) is 32.3 Å². The second kappa shape index (κ2) is 8.11. The highest BCUT2D eigenvalue weighted by Gasteiger charge is 2.27. The predicted octanol–water partition coefficient (Wildman–Crippen LogP) is 2.94. The third-order valence-corrected chi connectivity index (χ3v) is 4.32. The van der Waals surface area contributed by atoms with E-state index in [1.807, 2.05) is 7.05 Å². The molecule has 1 fully saturated rings. The van der Waals surface area contributed by atoms with Crippen LogP contribution in [0.3, 0.4) is 0 Å². The maximum atomic E-state index is 12.3. The summed E-state index contributed by atoms with van der Waals surface area (Å²) in [4.78, 5) is 14.4. The summed E-state index contributed by atoms with van der Waals surface area (Å²) >= 11 is 0. The van der Waals surface area contributed by atoms with E-state index in [1.165, 1.54) is 6.42 Å². The van der Waals surface area contributed by atoms with E-state index in [4.69, 9.17) is 0 Å². The molecular weight excluding hydrogens is 260 g/mol. The average Bonchev–Trinajstić information content (AvgIpc) is 2.28. The fraction of sp³-hybridized carbons (Fsp3) is 0.933. The lowest BCUT2D eigenvalue weighted by Crippen LogP contribution is -2.43. The number of rotatable bonds is 4. The molecule has 1 amide bonds. The standard InChI is InChI=1S/C15H30N2O.ClH/c1-12(15(2,3)4)9-14(18)17-8-6-7-13(11-17)10-16-5;/h12-13,16H,6-11H2,1-5H3;1H. The van der Waals surface area contributed by atoms with Crippen molar-refractivity contribution in [2.75, 3.05) is 26.7 Å². The zero-order valence-electron chi connectivity index (χ0n) is 13.2. The molecule has 19 heavy (non-hydrogen) atoms. The third-order valence-electron chi connectivity index (χ3n) is 4.32. The molecule has 0 aromatic heterocycles. The van der Waals surface area contributed by atoms with E-state index in [-0.39, 0.29) is 17.8 Å². The molecular formula is C15H31ClN2O. The van der Waals surface area contributed by atoms with Gasteiger partial charge in [0.05, 0.1) is 0 Å². The Hall–Kier alpha value is -0.280. The van der Waals surface area contributed by atoms with Crippen molar-refractivity contribution in [3.63, 3.8) is 0 Å². The fourth-order valence-corrected chi connectivity index (χ4v) is 2.44. The maximum absolute atomic E-state index is 12.3. The number of nitrogens with zero attached hydrogens (tertiary/aromatic N) is 1. The second-order valence-corrected chi connectivity index (χ2v) is 6.88. The predicted molar refractivity (Wildman–Crippen MR) is 83.7 cm³/mol. The summed E-state index contributed by atoms with van der Waals surface area (Å²) in [6, 6.07) is 0. The summed E-state index contributed by atoms with van der Waals surface area (Å²) in [6.45, 7) is 11.7. The van der Waals surface area contributed by atoms with E-state index in [9.17, 15) is 4.79 Å². The highest BCUT2D eigenvalue weighted by molar-refractivity contribution is 5.85. The molecule has 0 aromatic rings. The number of amides is 1. The Morgan fingerprint density at radius 2 is 2.05 bits per heavy atom. The summed E-state index contributed by atoms with van der Waals surface area (Å²) in [7, 11) is 1.99. The zero-order chi connectivity index (χ0) is 13.8. The van der Waals surface area contributed by atoms with E-state index >= 15 is 0 Å². The van der Waals surface area contributed by atoms with Crippen LogP contribution in [0.25, 0.3) is 0 Å². The van der Waals surface area contributed by atoms with Crippen molar-refractivity contribution in [2.24, 2.45) is 17.3 Å². The lowest BCUT2D eigenvalue weighted by molar-refractivity contribution is -0.134. The molecule has 1 aliphatic rings. The third kappa shape index (κ3) is 6.13. The van der Waals surface area contributed by atoms with E-state index < -0.39 is 0 Å². The van der Waals surface area contributed by atoms with Crippen molar-refractivity contribution in [2.45, 2.75) is 47.0 Å². The van der Waals surface area contributed by atoms with E-state index in [0.717, 1.165) is 26.1 Å². The van der Waals surface area contributed by atoms with Crippen molar-refractivity contribution in [1.29, 1.82) is 0 Å². The molecule has 0 radical (unpaired) electrons. The molecule has 2 unspecified atom stereocenters. The van der Waals surface area contributed by atoms with E-state index in [2.05, 4.69) is 37.9 Å². The summed E-state index contributed by atoms with van der Waals surface area (Å²) in [6.07, 6.45) is 3.09. The Bertz CT molecular complexity index is 274. The molecule has 3 nitrogen and oxygen atoms in total. The summed E-state index contributed by atoms with van der Waals surface area (Å²) in [5, 5.41) is 3.22. The first-order valence-corrected chi connectivity index (χ1v) is 7.27. The smallest absolute Gasteiger partial charge is 0.222 e. The fourth-order valence-electron chi connectivity index (χ4n) is 2.44. The monoisotopic (exact) mass is 290 g/mol. The summed E-state index contributed by atoms with van der Waals surface area (Å²) in [5.74, 6) is 1.42. The van der Waals surface area contributed by atoms with Crippen LogP contribution in [0.4, 0.5) is 0 Å². The van der Waals surface area contributed by atoms with Gasteiger partial charge in [-0.05, 0) is 43.7 Å². The Labute approximate surface area is 124 Å². The molecule has 2 atom stereocenters. The van der Waals surface area contributed by atoms with Crippen LogP contribution in [0, 0.1) is 17.3 Å². The number of likely N-dealkylation sites (tertiary alicyclic amines) is 1. The van der Waals surface area contributed by atoms with Crippen LogP contribution in [0.5, 0.6) is 0 Å². The van der Waals surface area contributed by atoms with Gasteiger partial charge in [0.15, 0.2) is 0 Å². The van der Waals surface area contributed by atoms with E-state index in [0.29, 0.717) is 24.2 Å². The van der Waals surface area contributed by atoms with Gasteiger partial charge in [-0.25, -0.2) is 0 Å². The minimum atomic E-state index is 0. The van der Waals surface area contributed by atoms with Gasteiger partial charge in [-0.2, -0.15) is 0 Å². The number of carbonyl (C=O) groups is 1. The Morgan fingerprint density at radius 3 is 2.58 bits per heavy atom. The number of piperidine rings is 1. The van der Waals surface area contributed by atoms with Gasteiger partial charge in [-0.15, -0.1) is 12.4 Å². The normalized spacial score (nSPS) is 21.7. The summed E-state index contributed by atoms with van der Waals surface area (Å²) in [5.41, 5.74) is 0.218. The molecule has 1 aliphatic heterocycles. The van der Waals surface area contributed by atoms with Crippen molar-refractivity contribution >= 4 is 18.3 Å². The first-order valence-electron chi connectivity index (χ1n) is 7.27. The van der Waals surface area contributed by atoms with Gasteiger partial charge in [0.2, 0.25) is 5.91 Å². The lowest BCUT2D eigenvalue weighted by atomic mass is 9.80. The van der Waals surface area contributed by atoms with Crippen molar-refractivity contribution < 1.29 is 4.79 Å². The van der Waals surface area contributed by atoms with Gasteiger partial charge in [-0.1, -0.05) is 27.7 Å². The van der Waals surface area contributed by atoms with Crippen molar-refractivity contribution in [3.05, 3.63) is 0 Å². The molecule has 1 N–H and O–H groups in total. The van der Waals surface area contributed by atoms with Crippen LogP contribution < -0.4 is 5.32 Å².